The highest BCUT2D eigenvalue weighted by atomic mass is 19.4. The molecule has 0 aromatic carbocycles. The molecule has 0 radical (unpaired) electrons. The summed E-state index contributed by atoms with van der Waals surface area (Å²) in [7, 11) is 0. The van der Waals surface area contributed by atoms with Crippen molar-refractivity contribution >= 4 is 0 Å². The van der Waals surface area contributed by atoms with E-state index in [1.54, 1.807) is 4.90 Å². The average molecular weight is 248 g/mol. The Kier molecular flexibility index (Phi) is 5.26. The molecule has 0 amide bonds. The van der Waals surface area contributed by atoms with E-state index in [4.69, 9.17) is 5.26 Å². The zero-order valence-corrected chi connectivity index (χ0v) is 10.1. The van der Waals surface area contributed by atoms with E-state index >= 15 is 0 Å². The molecule has 0 aliphatic carbocycles. The fourth-order valence-electron chi connectivity index (χ4n) is 2.29. The van der Waals surface area contributed by atoms with Crippen molar-refractivity contribution in [1.82, 2.24) is 4.90 Å². The maximum Gasteiger partial charge on any atom is 0.405 e. The van der Waals surface area contributed by atoms with Crippen molar-refractivity contribution in [3.63, 3.8) is 0 Å². The van der Waals surface area contributed by atoms with Crippen LogP contribution in [-0.2, 0) is 0 Å². The number of alkyl halides is 3. The molecule has 0 N–H and O–H groups in total. The molecule has 2 atom stereocenters. The summed E-state index contributed by atoms with van der Waals surface area (Å²) in [5.74, 6) is -1.22. The second-order valence-electron chi connectivity index (χ2n) is 4.73. The molecule has 1 aliphatic heterocycles. The van der Waals surface area contributed by atoms with Crippen LogP contribution in [0, 0.1) is 23.2 Å². The minimum Gasteiger partial charge on any atom is -0.302 e. The van der Waals surface area contributed by atoms with Crippen molar-refractivity contribution in [2.24, 2.45) is 11.8 Å². The largest absolute Gasteiger partial charge is 0.405 e. The fourth-order valence-corrected chi connectivity index (χ4v) is 2.29. The smallest absolute Gasteiger partial charge is 0.302 e. The SMILES string of the molecule is CCC1CCCN(CC(C#N)C(F)(F)F)CC1. The van der Waals surface area contributed by atoms with Crippen LogP contribution in [0.4, 0.5) is 13.2 Å². The van der Waals surface area contributed by atoms with Gasteiger partial charge < -0.3 is 4.90 Å². The molecule has 0 spiro atoms. The zero-order chi connectivity index (χ0) is 12.9. The monoisotopic (exact) mass is 248 g/mol. The van der Waals surface area contributed by atoms with E-state index in [1.807, 2.05) is 0 Å². The predicted molar refractivity (Wildman–Crippen MR) is 59.2 cm³/mol. The van der Waals surface area contributed by atoms with Crippen molar-refractivity contribution in [1.29, 1.82) is 5.26 Å². The van der Waals surface area contributed by atoms with Crippen molar-refractivity contribution in [2.45, 2.75) is 38.8 Å². The molecule has 1 aliphatic rings. The summed E-state index contributed by atoms with van der Waals surface area (Å²) < 4.78 is 37.4. The molecule has 1 saturated heterocycles. The van der Waals surface area contributed by atoms with E-state index in [2.05, 4.69) is 6.92 Å². The molecule has 2 nitrogen and oxygen atoms in total. The lowest BCUT2D eigenvalue weighted by molar-refractivity contribution is -0.163. The van der Waals surface area contributed by atoms with Crippen LogP contribution in [0.15, 0.2) is 0 Å². The molecule has 5 heteroatoms. The van der Waals surface area contributed by atoms with Crippen molar-refractivity contribution in [3.8, 4) is 6.07 Å². The number of halogens is 3. The number of hydrogen-bond donors (Lipinski definition) is 0. The van der Waals surface area contributed by atoms with Gasteiger partial charge in [0, 0.05) is 6.54 Å². The lowest BCUT2D eigenvalue weighted by atomic mass is 9.98. The van der Waals surface area contributed by atoms with Gasteiger partial charge in [-0.2, -0.15) is 18.4 Å². The molecule has 1 fully saturated rings. The number of likely N-dealkylation sites (tertiary alicyclic amines) is 1. The second-order valence-corrected chi connectivity index (χ2v) is 4.73. The van der Waals surface area contributed by atoms with Gasteiger partial charge in [0.05, 0.1) is 6.07 Å². The first-order chi connectivity index (χ1) is 7.97. The number of hydrogen-bond acceptors (Lipinski definition) is 2. The predicted octanol–water partition coefficient (Wildman–Crippen LogP) is 3.20. The number of nitrogens with zero attached hydrogens (tertiary/aromatic N) is 2. The van der Waals surface area contributed by atoms with Crippen LogP contribution < -0.4 is 0 Å². The molecule has 0 aromatic heterocycles. The van der Waals surface area contributed by atoms with Crippen LogP contribution in [0.3, 0.4) is 0 Å². The van der Waals surface area contributed by atoms with Gasteiger partial charge in [-0.05, 0) is 38.3 Å². The van der Waals surface area contributed by atoms with Crippen LogP contribution in [0.25, 0.3) is 0 Å². The Morgan fingerprint density at radius 1 is 1.35 bits per heavy atom. The van der Waals surface area contributed by atoms with E-state index in [1.165, 1.54) is 6.07 Å². The van der Waals surface area contributed by atoms with Crippen molar-refractivity contribution in [3.05, 3.63) is 0 Å². The Bertz CT molecular complexity index is 270. The quantitative estimate of drug-likeness (QED) is 0.767. The number of rotatable bonds is 3. The van der Waals surface area contributed by atoms with E-state index < -0.39 is 12.1 Å². The molecule has 0 aromatic rings. The van der Waals surface area contributed by atoms with Gasteiger partial charge in [-0.1, -0.05) is 13.3 Å². The Balaban J connectivity index is 2.49. The first kappa shape index (κ1) is 14.3. The fraction of sp³-hybridized carbons (Fsp3) is 0.917. The van der Waals surface area contributed by atoms with E-state index in [0.29, 0.717) is 19.0 Å². The molecular formula is C12H19F3N2. The summed E-state index contributed by atoms with van der Waals surface area (Å²) in [6.07, 6.45) is -0.322. The lowest BCUT2D eigenvalue weighted by Crippen LogP contribution is -2.36. The molecular weight excluding hydrogens is 229 g/mol. The minimum absolute atomic E-state index is 0.170. The van der Waals surface area contributed by atoms with Gasteiger partial charge in [-0.15, -0.1) is 0 Å². The van der Waals surface area contributed by atoms with Crippen molar-refractivity contribution in [2.75, 3.05) is 19.6 Å². The third-order valence-corrected chi connectivity index (χ3v) is 3.51. The highest BCUT2D eigenvalue weighted by molar-refractivity contribution is 4.91. The van der Waals surface area contributed by atoms with Gasteiger partial charge in [0.2, 0.25) is 0 Å². The summed E-state index contributed by atoms with van der Waals surface area (Å²) in [5.41, 5.74) is 0. The van der Waals surface area contributed by atoms with E-state index in [-0.39, 0.29) is 6.54 Å². The van der Waals surface area contributed by atoms with Crippen LogP contribution in [-0.4, -0.2) is 30.7 Å². The highest BCUT2D eigenvalue weighted by Crippen LogP contribution is 2.28. The van der Waals surface area contributed by atoms with Crippen LogP contribution >= 0.6 is 0 Å². The molecule has 17 heavy (non-hydrogen) atoms. The molecule has 0 saturated carbocycles. The van der Waals surface area contributed by atoms with Crippen molar-refractivity contribution < 1.29 is 13.2 Å². The van der Waals surface area contributed by atoms with Crippen LogP contribution in [0.2, 0.25) is 0 Å². The second kappa shape index (κ2) is 6.25. The standard InChI is InChI=1S/C12H19F3N2/c1-2-10-4-3-6-17(7-5-10)9-11(8-16)12(13,14)15/h10-11H,2-7,9H2,1H3. The van der Waals surface area contributed by atoms with Gasteiger partial charge in [0.25, 0.3) is 0 Å². The van der Waals surface area contributed by atoms with Gasteiger partial charge in [-0.25, -0.2) is 0 Å². The summed E-state index contributed by atoms with van der Waals surface area (Å²) in [6.45, 7) is 3.32. The third kappa shape index (κ3) is 4.55. The Hall–Kier alpha value is -0.760. The van der Waals surface area contributed by atoms with Gasteiger partial charge >= 0.3 is 6.18 Å². The van der Waals surface area contributed by atoms with Gasteiger partial charge in [0.1, 0.15) is 0 Å². The average Bonchev–Trinajstić information content (AvgIpc) is 2.49. The summed E-state index contributed by atoms with van der Waals surface area (Å²) in [4.78, 5) is 1.79. The summed E-state index contributed by atoms with van der Waals surface area (Å²) in [6, 6.07) is 1.37. The zero-order valence-electron chi connectivity index (χ0n) is 10.1. The number of nitriles is 1. The maximum atomic E-state index is 12.5. The third-order valence-electron chi connectivity index (χ3n) is 3.51. The Labute approximate surface area is 100 Å². The normalized spacial score (nSPS) is 25.0. The van der Waals surface area contributed by atoms with E-state index in [9.17, 15) is 13.2 Å². The molecule has 1 rings (SSSR count). The summed E-state index contributed by atoms with van der Waals surface area (Å²) >= 11 is 0. The molecule has 0 bridgehead atoms. The molecule has 1 heterocycles. The van der Waals surface area contributed by atoms with Gasteiger partial charge in [-0.3, -0.25) is 0 Å². The molecule has 98 valence electrons. The first-order valence-electron chi connectivity index (χ1n) is 6.16. The molecule has 2 unspecified atom stereocenters. The lowest BCUT2D eigenvalue weighted by Gasteiger charge is -2.23. The minimum atomic E-state index is -4.40. The highest BCUT2D eigenvalue weighted by Gasteiger charge is 2.40. The summed E-state index contributed by atoms with van der Waals surface area (Å²) in [5, 5.41) is 8.56. The van der Waals surface area contributed by atoms with E-state index in [0.717, 1.165) is 25.7 Å². The maximum absolute atomic E-state index is 12.5. The van der Waals surface area contributed by atoms with Crippen LogP contribution in [0.5, 0.6) is 0 Å². The Morgan fingerprint density at radius 2 is 2.06 bits per heavy atom. The van der Waals surface area contributed by atoms with Gasteiger partial charge in [0.15, 0.2) is 5.92 Å². The topological polar surface area (TPSA) is 27.0 Å². The van der Waals surface area contributed by atoms with Crippen LogP contribution in [0.1, 0.15) is 32.6 Å². The Morgan fingerprint density at radius 3 is 2.59 bits per heavy atom. The first-order valence-corrected chi connectivity index (χ1v) is 6.16.